The van der Waals surface area contributed by atoms with Crippen LogP contribution in [0.15, 0.2) is 53.6 Å². The van der Waals surface area contributed by atoms with Crippen molar-refractivity contribution in [3.63, 3.8) is 0 Å². The van der Waals surface area contributed by atoms with E-state index in [0.29, 0.717) is 11.3 Å². The maximum Gasteiger partial charge on any atom is 0.240 e. The molecule has 0 saturated heterocycles. The molecule has 152 valence electrons. The number of anilines is 1. The maximum absolute atomic E-state index is 12.7. The third-order valence-electron chi connectivity index (χ3n) is 4.88. The molecule has 29 heavy (non-hydrogen) atoms. The van der Waals surface area contributed by atoms with Gasteiger partial charge >= 0.3 is 0 Å². The van der Waals surface area contributed by atoms with E-state index in [1.165, 1.54) is 24.9 Å². The Kier molecular flexibility index (Phi) is 5.86. The zero-order valence-corrected chi connectivity index (χ0v) is 17.3. The third-order valence-corrected chi connectivity index (χ3v) is 6.43. The molecule has 1 atom stereocenters. The molecule has 0 fully saturated rings. The smallest absolute Gasteiger partial charge is 0.240 e. The van der Waals surface area contributed by atoms with Crippen molar-refractivity contribution in [2.75, 3.05) is 12.4 Å². The molecule has 1 heterocycles. The molecule has 2 amide bonds. The topological polar surface area (TPSA) is 95.6 Å². The highest BCUT2D eigenvalue weighted by molar-refractivity contribution is 7.89. The molecule has 1 aliphatic heterocycles. The van der Waals surface area contributed by atoms with Gasteiger partial charge in [0, 0.05) is 18.8 Å². The number of carbonyl (C=O) groups is 2. The minimum Gasteiger partial charge on any atom is -0.326 e. The zero-order chi connectivity index (χ0) is 21.2. The average Bonchev–Trinajstić information content (AvgIpc) is 2.69. The summed E-state index contributed by atoms with van der Waals surface area (Å²) in [6.45, 7) is 3.14. The SMILES string of the molecule is CNS(=O)(=O)c1cc(NC(=O)C[C@@H]2c3ccccc3C=CN2C(C)=O)ccc1C. The van der Waals surface area contributed by atoms with Crippen molar-refractivity contribution in [3.05, 3.63) is 65.4 Å². The number of fused-ring (bicyclic) bond motifs is 1. The molecule has 7 nitrogen and oxygen atoms in total. The summed E-state index contributed by atoms with van der Waals surface area (Å²) in [6, 6.07) is 11.9. The van der Waals surface area contributed by atoms with Crippen LogP contribution in [0, 0.1) is 6.92 Å². The number of aryl methyl sites for hydroxylation is 1. The Balaban J connectivity index is 1.84. The second kappa shape index (κ2) is 8.18. The fraction of sp³-hybridized carbons (Fsp3) is 0.238. The number of amides is 2. The Labute approximate surface area is 170 Å². The summed E-state index contributed by atoms with van der Waals surface area (Å²) < 4.78 is 26.6. The van der Waals surface area contributed by atoms with Gasteiger partial charge in [-0.3, -0.25) is 9.59 Å². The van der Waals surface area contributed by atoms with Gasteiger partial charge in [0.05, 0.1) is 17.4 Å². The van der Waals surface area contributed by atoms with Gasteiger partial charge < -0.3 is 10.2 Å². The summed E-state index contributed by atoms with van der Waals surface area (Å²) in [5.74, 6) is -0.477. The Morgan fingerprint density at radius 1 is 1.14 bits per heavy atom. The zero-order valence-electron chi connectivity index (χ0n) is 16.5. The minimum absolute atomic E-state index is 0.0446. The van der Waals surface area contributed by atoms with Gasteiger partial charge in [-0.1, -0.05) is 30.3 Å². The van der Waals surface area contributed by atoms with E-state index >= 15 is 0 Å². The predicted octanol–water partition coefficient (Wildman–Crippen LogP) is 2.81. The van der Waals surface area contributed by atoms with Crippen molar-refractivity contribution in [1.82, 2.24) is 9.62 Å². The van der Waals surface area contributed by atoms with Crippen LogP contribution in [-0.2, 0) is 19.6 Å². The highest BCUT2D eigenvalue weighted by atomic mass is 32.2. The van der Waals surface area contributed by atoms with E-state index in [1.807, 2.05) is 30.3 Å². The first-order chi connectivity index (χ1) is 13.7. The van der Waals surface area contributed by atoms with E-state index in [0.717, 1.165) is 11.1 Å². The normalized spacial score (nSPS) is 15.7. The van der Waals surface area contributed by atoms with Crippen molar-refractivity contribution in [2.45, 2.75) is 31.2 Å². The standard InChI is InChI=1S/C21H23N3O4S/c1-14-8-9-17(12-20(14)29(27,28)22-3)23-21(26)13-19-18-7-5-4-6-16(18)10-11-24(19)15(2)25/h4-12,19,22H,13H2,1-3H3,(H,23,26)/t19-/m1/s1. The van der Waals surface area contributed by atoms with Crippen LogP contribution in [0.4, 0.5) is 5.69 Å². The number of benzene rings is 2. The molecule has 1 aliphatic rings. The first-order valence-electron chi connectivity index (χ1n) is 9.13. The first kappa shape index (κ1) is 20.8. The lowest BCUT2D eigenvalue weighted by atomic mass is 9.93. The molecule has 2 N–H and O–H groups in total. The van der Waals surface area contributed by atoms with Gasteiger partial charge in [0.2, 0.25) is 21.8 Å². The van der Waals surface area contributed by atoms with E-state index in [2.05, 4.69) is 10.0 Å². The van der Waals surface area contributed by atoms with Gasteiger partial charge in [0.15, 0.2) is 0 Å². The van der Waals surface area contributed by atoms with Crippen LogP contribution in [0.3, 0.4) is 0 Å². The van der Waals surface area contributed by atoms with Crippen LogP contribution >= 0.6 is 0 Å². The summed E-state index contributed by atoms with van der Waals surface area (Å²) in [5.41, 5.74) is 2.80. The molecule has 0 unspecified atom stereocenters. The summed E-state index contributed by atoms with van der Waals surface area (Å²) in [5, 5.41) is 2.75. The van der Waals surface area contributed by atoms with Gasteiger partial charge in [-0.15, -0.1) is 0 Å². The van der Waals surface area contributed by atoms with Crippen LogP contribution in [0.1, 0.15) is 36.1 Å². The lowest BCUT2D eigenvalue weighted by molar-refractivity contribution is -0.129. The summed E-state index contributed by atoms with van der Waals surface area (Å²) in [6.07, 6.45) is 3.58. The number of hydrogen-bond acceptors (Lipinski definition) is 4. The van der Waals surface area contributed by atoms with Crippen molar-refractivity contribution < 1.29 is 18.0 Å². The van der Waals surface area contributed by atoms with Crippen molar-refractivity contribution in [2.24, 2.45) is 0 Å². The molecule has 0 aromatic heterocycles. The molecular weight excluding hydrogens is 390 g/mol. The maximum atomic E-state index is 12.7. The molecule has 2 aromatic rings. The molecule has 8 heteroatoms. The summed E-state index contributed by atoms with van der Waals surface area (Å²) >= 11 is 0. The molecule has 0 aliphatic carbocycles. The van der Waals surface area contributed by atoms with Crippen LogP contribution < -0.4 is 10.0 Å². The molecule has 0 bridgehead atoms. The molecule has 0 spiro atoms. The van der Waals surface area contributed by atoms with Crippen LogP contribution in [-0.4, -0.2) is 32.2 Å². The second-order valence-corrected chi connectivity index (χ2v) is 8.68. The fourth-order valence-electron chi connectivity index (χ4n) is 3.38. The molecule has 0 radical (unpaired) electrons. The highest BCUT2D eigenvalue weighted by Gasteiger charge is 2.28. The Hall–Kier alpha value is -2.97. The van der Waals surface area contributed by atoms with Crippen LogP contribution in [0.2, 0.25) is 0 Å². The average molecular weight is 413 g/mol. The van der Waals surface area contributed by atoms with Gasteiger partial charge in [0.25, 0.3) is 0 Å². The number of hydrogen-bond donors (Lipinski definition) is 2. The van der Waals surface area contributed by atoms with Crippen LogP contribution in [0.5, 0.6) is 0 Å². The second-order valence-electron chi connectivity index (χ2n) is 6.83. The predicted molar refractivity (Wildman–Crippen MR) is 111 cm³/mol. The summed E-state index contributed by atoms with van der Waals surface area (Å²) in [7, 11) is -2.30. The Morgan fingerprint density at radius 3 is 2.55 bits per heavy atom. The van der Waals surface area contributed by atoms with Gasteiger partial charge in [0.1, 0.15) is 0 Å². The Morgan fingerprint density at radius 2 is 1.86 bits per heavy atom. The van der Waals surface area contributed by atoms with Crippen LogP contribution in [0.25, 0.3) is 6.08 Å². The van der Waals surface area contributed by atoms with Crippen molar-refractivity contribution >= 4 is 33.6 Å². The first-order valence-corrected chi connectivity index (χ1v) is 10.6. The number of sulfonamides is 1. The lowest BCUT2D eigenvalue weighted by Gasteiger charge is -2.32. The molecule has 2 aromatic carbocycles. The lowest BCUT2D eigenvalue weighted by Crippen LogP contribution is -2.33. The van der Waals surface area contributed by atoms with E-state index in [9.17, 15) is 18.0 Å². The van der Waals surface area contributed by atoms with Gasteiger partial charge in [-0.2, -0.15) is 0 Å². The third kappa shape index (κ3) is 4.38. The van der Waals surface area contributed by atoms with E-state index < -0.39 is 16.1 Å². The number of rotatable bonds is 5. The highest BCUT2D eigenvalue weighted by Crippen LogP contribution is 2.33. The molecular formula is C21H23N3O4S. The van der Waals surface area contributed by atoms with E-state index in [-0.39, 0.29) is 23.1 Å². The number of nitrogens with one attached hydrogen (secondary N) is 2. The molecule has 3 rings (SSSR count). The van der Waals surface area contributed by atoms with E-state index in [4.69, 9.17) is 0 Å². The number of carbonyl (C=O) groups excluding carboxylic acids is 2. The summed E-state index contributed by atoms with van der Waals surface area (Å²) in [4.78, 5) is 26.4. The number of nitrogens with zero attached hydrogens (tertiary/aromatic N) is 1. The van der Waals surface area contributed by atoms with E-state index in [1.54, 1.807) is 25.3 Å². The fourth-order valence-corrected chi connectivity index (χ4v) is 4.37. The minimum atomic E-state index is -3.64. The van der Waals surface area contributed by atoms with Gasteiger partial charge in [-0.25, -0.2) is 13.1 Å². The Bertz CT molecular complexity index is 1090. The van der Waals surface area contributed by atoms with Gasteiger partial charge in [-0.05, 0) is 48.9 Å². The van der Waals surface area contributed by atoms with Crippen molar-refractivity contribution in [1.29, 1.82) is 0 Å². The molecule has 0 saturated carbocycles. The largest absolute Gasteiger partial charge is 0.326 e. The monoisotopic (exact) mass is 413 g/mol. The van der Waals surface area contributed by atoms with Crippen molar-refractivity contribution in [3.8, 4) is 0 Å². The quantitative estimate of drug-likeness (QED) is 0.788.